The molecule has 1 saturated carbocycles. The predicted molar refractivity (Wildman–Crippen MR) is 115 cm³/mol. The van der Waals surface area contributed by atoms with Gasteiger partial charge in [0.25, 0.3) is 5.91 Å². The number of benzene rings is 1. The third kappa shape index (κ3) is 5.34. The van der Waals surface area contributed by atoms with Gasteiger partial charge in [-0.25, -0.2) is 19.9 Å². The molecule has 0 saturated heterocycles. The molecule has 1 aliphatic rings. The minimum atomic E-state index is -0.930. The van der Waals surface area contributed by atoms with Crippen LogP contribution >= 0.6 is 11.6 Å². The van der Waals surface area contributed by atoms with Gasteiger partial charge >= 0.3 is 0 Å². The van der Waals surface area contributed by atoms with Gasteiger partial charge in [0.1, 0.15) is 18.0 Å². The van der Waals surface area contributed by atoms with Crippen LogP contribution in [0.3, 0.4) is 0 Å². The first-order valence-electron chi connectivity index (χ1n) is 9.94. The number of nitrogens with zero attached hydrogens (tertiary/aromatic N) is 4. The van der Waals surface area contributed by atoms with Crippen LogP contribution in [0.5, 0.6) is 5.88 Å². The highest BCUT2D eigenvalue weighted by atomic mass is 35.5. The van der Waals surface area contributed by atoms with Crippen LogP contribution in [0.25, 0.3) is 11.3 Å². The van der Waals surface area contributed by atoms with Crippen LogP contribution in [0.15, 0.2) is 48.9 Å². The Hall–Kier alpha value is -3.10. The maximum atomic E-state index is 12.7. The number of rotatable bonds is 8. The second-order valence-corrected chi connectivity index (χ2v) is 8.12. The van der Waals surface area contributed by atoms with Gasteiger partial charge < -0.3 is 15.2 Å². The zero-order valence-corrected chi connectivity index (χ0v) is 17.7. The number of ether oxygens (including phenoxy) is 1. The maximum absolute atomic E-state index is 12.7. The van der Waals surface area contributed by atoms with Gasteiger partial charge in [-0.1, -0.05) is 23.7 Å². The van der Waals surface area contributed by atoms with Crippen molar-refractivity contribution in [3.8, 4) is 17.1 Å². The summed E-state index contributed by atoms with van der Waals surface area (Å²) in [5.74, 6) is 0.549. The fourth-order valence-electron chi connectivity index (χ4n) is 3.13. The van der Waals surface area contributed by atoms with Crippen molar-refractivity contribution in [2.75, 3.05) is 6.54 Å². The van der Waals surface area contributed by atoms with Crippen molar-refractivity contribution in [2.24, 2.45) is 5.92 Å². The number of aromatic nitrogens is 4. The van der Waals surface area contributed by atoms with Crippen molar-refractivity contribution < 1.29 is 14.6 Å². The van der Waals surface area contributed by atoms with Gasteiger partial charge in [-0.05, 0) is 43.9 Å². The summed E-state index contributed by atoms with van der Waals surface area (Å²) in [6, 6.07) is 8.72. The summed E-state index contributed by atoms with van der Waals surface area (Å²) < 4.78 is 5.79. The van der Waals surface area contributed by atoms with Gasteiger partial charge in [0.2, 0.25) is 5.88 Å². The first-order valence-corrected chi connectivity index (χ1v) is 10.3. The number of carbonyl (C=O) groups is 1. The van der Waals surface area contributed by atoms with Crippen LogP contribution in [-0.2, 0) is 6.61 Å². The third-order valence-corrected chi connectivity index (χ3v) is 5.36. The summed E-state index contributed by atoms with van der Waals surface area (Å²) in [7, 11) is 0. The fraction of sp³-hybridized carbons (Fsp3) is 0.318. The lowest BCUT2D eigenvalue weighted by atomic mass is 10.0. The van der Waals surface area contributed by atoms with Gasteiger partial charge in [-0.3, -0.25) is 4.79 Å². The minimum absolute atomic E-state index is 0.103. The topological polar surface area (TPSA) is 110 Å². The van der Waals surface area contributed by atoms with Gasteiger partial charge in [-0.15, -0.1) is 0 Å². The number of amides is 1. The number of hydrogen-bond donors (Lipinski definition) is 2. The summed E-state index contributed by atoms with van der Waals surface area (Å²) in [6.45, 7) is 1.99. The Morgan fingerprint density at radius 2 is 1.94 bits per heavy atom. The molecular weight excluding hydrogens is 418 g/mol. The van der Waals surface area contributed by atoms with Gasteiger partial charge in [0.05, 0.1) is 11.8 Å². The fourth-order valence-corrected chi connectivity index (χ4v) is 3.25. The van der Waals surface area contributed by atoms with Crippen LogP contribution in [0.1, 0.15) is 36.1 Å². The SMILES string of the molecule is C[C@](O)(CNC(=O)c1cnc(OCc2ncccn2)c(-c2ccc(Cl)cc2)n1)C1CC1. The molecule has 0 spiro atoms. The molecule has 1 aromatic carbocycles. The molecule has 2 aromatic heterocycles. The van der Waals surface area contributed by atoms with Gasteiger partial charge in [0, 0.05) is 29.5 Å². The lowest BCUT2D eigenvalue weighted by Crippen LogP contribution is -2.42. The molecule has 1 fully saturated rings. The Morgan fingerprint density at radius 3 is 2.61 bits per heavy atom. The zero-order chi connectivity index (χ0) is 21.8. The minimum Gasteiger partial charge on any atom is -0.468 e. The van der Waals surface area contributed by atoms with Crippen molar-refractivity contribution in [1.82, 2.24) is 25.3 Å². The molecule has 2 N–H and O–H groups in total. The van der Waals surface area contributed by atoms with E-state index in [4.69, 9.17) is 16.3 Å². The Bertz CT molecular complexity index is 1060. The Kier molecular flexibility index (Phi) is 6.11. The molecule has 8 nitrogen and oxygen atoms in total. The average Bonchev–Trinajstić information content (AvgIpc) is 3.64. The zero-order valence-electron chi connectivity index (χ0n) is 17.0. The molecule has 0 bridgehead atoms. The normalized spacial score (nSPS) is 15.2. The molecule has 1 atom stereocenters. The van der Waals surface area contributed by atoms with E-state index in [0.717, 1.165) is 12.8 Å². The predicted octanol–water partition coefficient (Wildman–Crippen LogP) is 3.06. The van der Waals surface area contributed by atoms with Crippen LogP contribution in [0, 0.1) is 5.92 Å². The molecule has 1 amide bonds. The second kappa shape index (κ2) is 8.95. The van der Waals surface area contributed by atoms with E-state index >= 15 is 0 Å². The standard InChI is InChI=1S/C22H22ClN5O3/c1-22(30,15-5-6-15)13-27-20(29)17-11-26-21(31-12-18-24-9-2-10-25-18)19(28-17)14-3-7-16(23)8-4-14/h2-4,7-11,15,30H,5-6,12-13H2,1H3,(H,27,29)/t22-/m0/s1. The van der Waals surface area contributed by atoms with Gasteiger partial charge in [0.15, 0.2) is 5.82 Å². The lowest BCUT2D eigenvalue weighted by molar-refractivity contribution is 0.0353. The summed E-state index contributed by atoms with van der Waals surface area (Å²) in [5.41, 5.74) is 0.287. The number of hydrogen-bond acceptors (Lipinski definition) is 7. The quantitative estimate of drug-likeness (QED) is 0.555. The Balaban J connectivity index is 1.56. The molecule has 0 radical (unpaired) electrons. The largest absolute Gasteiger partial charge is 0.468 e. The molecule has 9 heteroatoms. The maximum Gasteiger partial charge on any atom is 0.271 e. The summed E-state index contributed by atoms with van der Waals surface area (Å²) in [4.78, 5) is 29.7. The third-order valence-electron chi connectivity index (χ3n) is 5.11. The highest BCUT2D eigenvalue weighted by molar-refractivity contribution is 6.30. The van der Waals surface area contributed by atoms with E-state index in [1.165, 1.54) is 6.20 Å². The van der Waals surface area contributed by atoms with E-state index < -0.39 is 11.5 Å². The Morgan fingerprint density at radius 1 is 1.23 bits per heavy atom. The highest BCUT2D eigenvalue weighted by Crippen LogP contribution is 2.39. The van der Waals surface area contributed by atoms with E-state index in [-0.39, 0.29) is 30.6 Å². The number of halogens is 1. The van der Waals surface area contributed by atoms with E-state index in [1.807, 2.05) is 0 Å². The summed E-state index contributed by atoms with van der Waals surface area (Å²) in [5, 5.41) is 13.8. The second-order valence-electron chi connectivity index (χ2n) is 7.68. The molecule has 3 aromatic rings. The van der Waals surface area contributed by atoms with Crippen LogP contribution < -0.4 is 10.1 Å². The molecular formula is C22H22ClN5O3. The lowest BCUT2D eigenvalue weighted by Gasteiger charge is -2.23. The van der Waals surface area contributed by atoms with Crippen molar-refractivity contribution >= 4 is 17.5 Å². The smallest absolute Gasteiger partial charge is 0.271 e. The van der Waals surface area contributed by atoms with Crippen molar-refractivity contribution in [3.63, 3.8) is 0 Å². The monoisotopic (exact) mass is 439 g/mol. The molecule has 0 unspecified atom stereocenters. The molecule has 2 heterocycles. The molecule has 160 valence electrons. The summed E-state index contributed by atoms with van der Waals surface area (Å²) >= 11 is 6.00. The van der Waals surface area contributed by atoms with E-state index in [0.29, 0.717) is 22.1 Å². The van der Waals surface area contributed by atoms with Crippen LogP contribution in [0.2, 0.25) is 5.02 Å². The van der Waals surface area contributed by atoms with Crippen molar-refractivity contribution in [2.45, 2.75) is 32.0 Å². The molecule has 31 heavy (non-hydrogen) atoms. The van der Waals surface area contributed by atoms with Gasteiger partial charge in [-0.2, -0.15) is 0 Å². The molecule has 0 aliphatic heterocycles. The van der Waals surface area contributed by atoms with Crippen LogP contribution in [0.4, 0.5) is 0 Å². The number of aliphatic hydroxyl groups is 1. The number of carbonyl (C=O) groups excluding carboxylic acids is 1. The first-order chi connectivity index (χ1) is 14.9. The molecule has 1 aliphatic carbocycles. The van der Waals surface area contributed by atoms with Crippen LogP contribution in [-0.4, -0.2) is 43.1 Å². The highest BCUT2D eigenvalue weighted by Gasteiger charge is 2.40. The Labute approximate surface area is 184 Å². The molecule has 4 rings (SSSR count). The van der Waals surface area contributed by atoms with Crippen molar-refractivity contribution in [3.05, 3.63) is 65.5 Å². The average molecular weight is 440 g/mol. The first kappa shape index (κ1) is 21.1. The van der Waals surface area contributed by atoms with E-state index in [2.05, 4.69) is 25.3 Å². The van der Waals surface area contributed by atoms with E-state index in [9.17, 15) is 9.90 Å². The number of nitrogens with one attached hydrogen (secondary N) is 1. The van der Waals surface area contributed by atoms with Crippen molar-refractivity contribution in [1.29, 1.82) is 0 Å². The van der Waals surface area contributed by atoms with E-state index in [1.54, 1.807) is 49.6 Å². The summed E-state index contributed by atoms with van der Waals surface area (Å²) in [6.07, 6.45) is 6.55.